The zero-order valence-corrected chi connectivity index (χ0v) is 24.5. The van der Waals surface area contributed by atoms with Crippen molar-refractivity contribution >= 4 is 11.8 Å². The summed E-state index contributed by atoms with van der Waals surface area (Å²) in [6, 6.07) is 18.2. The highest BCUT2D eigenvalue weighted by Gasteiger charge is 2.61. The van der Waals surface area contributed by atoms with E-state index < -0.39 is 23.0 Å². The molecule has 0 unspecified atom stereocenters. The van der Waals surface area contributed by atoms with Crippen molar-refractivity contribution in [1.29, 1.82) is 0 Å². The van der Waals surface area contributed by atoms with Gasteiger partial charge in [-0.1, -0.05) is 60.7 Å². The second kappa shape index (κ2) is 13.4. The van der Waals surface area contributed by atoms with Gasteiger partial charge in [0.05, 0.1) is 0 Å². The maximum absolute atomic E-state index is 14.3. The smallest absolute Gasteiger partial charge is 0.258 e. The molecule has 0 spiro atoms. The molecule has 2 atom stereocenters. The lowest BCUT2D eigenvalue weighted by Crippen LogP contribution is -2.71. The van der Waals surface area contributed by atoms with E-state index in [1.54, 1.807) is 9.80 Å². The SMILES string of the molecule is CC(C)N(C(=O)[C@](O)(CCc1ccccc1)[C@@](O)(CCc1ccccc1)C(=O)N(C(C)C)C(C)C)C(C)C. The summed E-state index contributed by atoms with van der Waals surface area (Å²) in [5.74, 6) is -1.23. The molecule has 6 nitrogen and oxygen atoms in total. The molecule has 0 radical (unpaired) electrons. The number of hydrogen-bond acceptors (Lipinski definition) is 4. The third-order valence-electron chi connectivity index (χ3n) is 7.32. The number of nitrogens with zero attached hydrogens (tertiary/aromatic N) is 2. The van der Waals surface area contributed by atoms with Gasteiger partial charge in [-0.3, -0.25) is 9.59 Å². The van der Waals surface area contributed by atoms with Gasteiger partial charge in [0.25, 0.3) is 11.8 Å². The van der Waals surface area contributed by atoms with E-state index >= 15 is 0 Å². The van der Waals surface area contributed by atoms with Crippen LogP contribution in [0, 0.1) is 0 Å². The first kappa shape index (κ1) is 31.5. The minimum absolute atomic E-state index is 0.0904. The highest BCUT2D eigenvalue weighted by atomic mass is 16.4. The number of carbonyl (C=O) groups excluding carboxylic acids is 2. The Bertz CT molecular complexity index is 923. The van der Waals surface area contributed by atoms with E-state index in [0.717, 1.165) is 11.1 Å². The Labute approximate surface area is 229 Å². The average Bonchev–Trinajstić information content (AvgIpc) is 2.86. The highest BCUT2D eigenvalue weighted by Crippen LogP contribution is 2.37. The molecule has 0 aliphatic rings. The third kappa shape index (κ3) is 7.03. The molecule has 2 aromatic carbocycles. The number of aryl methyl sites for hydroxylation is 2. The molecule has 0 aromatic heterocycles. The fourth-order valence-electron chi connectivity index (χ4n) is 5.48. The summed E-state index contributed by atoms with van der Waals surface area (Å²) >= 11 is 0. The maximum atomic E-state index is 14.3. The Kier molecular flexibility index (Phi) is 11.1. The van der Waals surface area contributed by atoms with Gasteiger partial charge in [-0.2, -0.15) is 0 Å². The van der Waals surface area contributed by atoms with Gasteiger partial charge in [0, 0.05) is 24.2 Å². The van der Waals surface area contributed by atoms with Crippen molar-refractivity contribution in [1.82, 2.24) is 9.80 Å². The minimum atomic E-state index is -2.34. The number of hydrogen-bond donors (Lipinski definition) is 2. The lowest BCUT2D eigenvalue weighted by atomic mass is 9.72. The molecule has 0 fully saturated rings. The highest BCUT2D eigenvalue weighted by molar-refractivity contribution is 5.98. The summed E-state index contributed by atoms with van der Waals surface area (Å²) in [6.07, 6.45) is 0.481. The summed E-state index contributed by atoms with van der Waals surface area (Å²) in [4.78, 5) is 31.8. The summed E-state index contributed by atoms with van der Waals surface area (Å²) in [5.41, 5.74) is -2.85. The quantitative estimate of drug-likeness (QED) is 0.386. The van der Waals surface area contributed by atoms with E-state index in [4.69, 9.17) is 0 Å². The van der Waals surface area contributed by atoms with Crippen LogP contribution in [0.5, 0.6) is 0 Å². The Balaban J connectivity index is 2.71. The molecular weight excluding hydrogens is 476 g/mol. The monoisotopic (exact) mass is 524 g/mol. The molecule has 2 aromatic rings. The van der Waals surface area contributed by atoms with Crippen molar-refractivity contribution in [2.75, 3.05) is 0 Å². The van der Waals surface area contributed by atoms with Gasteiger partial charge in [-0.15, -0.1) is 0 Å². The van der Waals surface area contributed by atoms with Crippen LogP contribution in [0.4, 0.5) is 0 Å². The fraction of sp³-hybridized carbons (Fsp3) is 0.562. The zero-order chi connectivity index (χ0) is 28.7. The zero-order valence-electron chi connectivity index (χ0n) is 24.5. The van der Waals surface area contributed by atoms with E-state index in [-0.39, 0.29) is 37.0 Å². The normalized spacial score (nSPS) is 15.0. The van der Waals surface area contributed by atoms with Crippen molar-refractivity contribution in [2.45, 2.75) is 116 Å². The Morgan fingerprint density at radius 1 is 0.579 bits per heavy atom. The van der Waals surface area contributed by atoms with Crippen LogP contribution in [0.25, 0.3) is 0 Å². The Morgan fingerprint density at radius 3 is 1.08 bits per heavy atom. The molecule has 0 aliphatic heterocycles. The number of rotatable bonds is 13. The van der Waals surface area contributed by atoms with Gasteiger partial charge >= 0.3 is 0 Å². The molecule has 6 heteroatoms. The Morgan fingerprint density at radius 2 is 0.842 bits per heavy atom. The van der Waals surface area contributed by atoms with Crippen molar-refractivity contribution in [2.24, 2.45) is 0 Å². The largest absolute Gasteiger partial charge is 0.377 e. The average molecular weight is 525 g/mol. The van der Waals surface area contributed by atoms with E-state index in [9.17, 15) is 19.8 Å². The summed E-state index contributed by atoms with van der Waals surface area (Å²) in [6.45, 7) is 15.1. The van der Waals surface area contributed by atoms with Gasteiger partial charge in [-0.05, 0) is 92.2 Å². The van der Waals surface area contributed by atoms with Crippen LogP contribution in [-0.2, 0) is 22.4 Å². The van der Waals surface area contributed by atoms with Crippen LogP contribution in [0.1, 0.15) is 79.4 Å². The molecule has 210 valence electrons. The molecule has 0 heterocycles. The molecule has 0 saturated heterocycles. The van der Waals surface area contributed by atoms with Crippen molar-refractivity contribution in [3.63, 3.8) is 0 Å². The van der Waals surface area contributed by atoms with Crippen molar-refractivity contribution in [3.05, 3.63) is 71.8 Å². The first-order valence-corrected chi connectivity index (χ1v) is 13.9. The van der Waals surface area contributed by atoms with Crippen LogP contribution in [0.2, 0.25) is 0 Å². The maximum Gasteiger partial charge on any atom is 0.258 e. The summed E-state index contributed by atoms with van der Waals surface area (Å²) in [7, 11) is 0. The topological polar surface area (TPSA) is 81.1 Å². The molecule has 38 heavy (non-hydrogen) atoms. The van der Waals surface area contributed by atoms with Gasteiger partial charge in [0.2, 0.25) is 0 Å². The van der Waals surface area contributed by atoms with Crippen LogP contribution in [-0.4, -0.2) is 67.2 Å². The van der Waals surface area contributed by atoms with Gasteiger partial charge < -0.3 is 20.0 Å². The lowest BCUT2D eigenvalue weighted by Gasteiger charge is -2.48. The van der Waals surface area contributed by atoms with E-state index in [0.29, 0.717) is 12.8 Å². The summed E-state index contributed by atoms with van der Waals surface area (Å²) < 4.78 is 0. The van der Waals surface area contributed by atoms with E-state index in [2.05, 4.69) is 0 Å². The number of aliphatic hydroxyl groups is 2. The van der Waals surface area contributed by atoms with Gasteiger partial charge in [-0.25, -0.2) is 0 Å². The minimum Gasteiger partial charge on any atom is -0.377 e. The van der Waals surface area contributed by atoms with E-state index in [1.807, 2.05) is 116 Å². The Hall–Kier alpha value is -2.70. The van der Waals surface area contributed by atoms with Crippen LogP contribution < -0.4 is 0 Å². The number of carbonyl (C=O) groups is 2. The predicted octanol–water partition coefficient (Wildman–Crippen LogP) is 5.01. The van der Waals surface area contributed by atoms with E-state index in [1.165, 1.54) is 0 Å². The molecule has 0 bridgehead atoms. The van der Waals surface area contributed by atoms with Crippen LogP contribution >= 0.6 is 0 Å². The fourth-order valence-corrected chi connectivity index (χ4v) is 5.48. The second-order valence-electron chi connectivity index (χ2n) is 11.5. The first-order chi connectivity index (χ1) is 17.8. The van der Waals surface area contributed by atoms with Crippen molar-refractivity contribution in [3.8, 4) is 0 Å². The first-order valence-electron chi connectivity index (χ1n) is 13.9. The number of benzene rings is 2. The molecule has 2 rings (SSSR count). The molecule has 0 saturated carbocycles. The third-order valence-corrected chi connectivity index (χ3v) is 7.32. The van der Waals surface area contributed by atoms with Gasteiger partial charge in [0.15, 0.2) is 11.2 Å². The van der Waals surface area contributed by atoms with Gasteiger partial charge in [0.1, 0.15) is 0 Å². The molecular formula is C32H48N2O4. The number of amides is 2. The molecule has 2 N–H and O–H groups in total. The second-order valence-corrected chi connectivity index (χ2v) is 11.5. The lowest BCUT2D eigenvalue weighted by molar-refractivity contribution is -0.205. The van der Waals surface area contributed by atoms with Crippen molar-refractivity contribution < 1.29 is 19.8 Å². The predicted molar refractivity (Wildman–Crippen MR) is 154 cm³/mol. The summed E-state index contributed by atoms with van der Waals surface area (Å²) in [5, 5.41) is 25.0. The molecule has 2 amide bonds. The van der Waals surface area contributed by atoms with Crippen LogP contribution in [0.3, 0.4) is 0 Å². The standard InChI is InChI=1S/C32H48N2O4/c1-23(2)33(24(3)4)29(35)31(37,21-19-27-15-11-9-12-16-27)32(38,22-20-28-17-13-10-14-18-28)30(36)34(25(5)6)26(7)8/h9-18,23-26,37-38H,19-22H2,1-8H3/t31-,32-/m1/s1. The van der Waals surface area contributed by atoms with Crippen LogP contribution in [0.15, 0.2) is 60.7 Å². The molecule has 0 aliphatic carbocycles.